The molecule has 0 amide bonds. The van der Waals surface area contributed by atoms with Gasteiger partial charge in [0.2, 0.25) is 0 Å². The Labute approximate surface area is 99.3 Å². The van der Waals surface area contributed by atoms with E-state index in [0.29, 0.717) is 12.2 Å². The lowest BCUT2D eigenvalue weighted by Crippen LogP contribution is -2.36. The van der Waals surface area contributed by atoms with Gasteiger partial charge in [0, 0.05) is 6.20 Å². The number of carbonyl (C=O) groups is 1. The highest BCUT2D eigenvalue weighted by atomic mass is 16.4. The van der Waals surface area contributed by atoms with Crippen LogP contribution in [0.5, 0.6) is 0 Å². The van der Waals surface area contributed by atoms with Crippen molar-refractivity contribution in [2.45, 2.75) is 50.7 Å². The van der Waals surface area contributed by atoms with Crippen molar-refractivity contribution in [2.75, 3.05) is 0 Å². The van der Waals surface area contributed by atoms with E-state index in [1.807, 2.05) is 0 Å². The molecule has 0 saturated heterocycles. The van der Waals surface area contributed by atoms with Crippen LogP contribution in [0.4, 0.5) is 0 Å². The number of rotatable bonds is 4. The molecule has 17 heavy (non-hydrogen) atoms. The van der Waals surface area contributed by atoms with Gasteiger partial charge in [-0.1, -0.05) is 24.5 Å². The lowest BCUT2D eigenvalue weighted by atomic mass is 9.85. The molecule has 1 aromatic rings. The summed E-state index contributed by atoms with van der Waals surface area (Å²) < 4.78 is 1.55. The van der Waals surface area contributed by atoms with Crippen LogP contribution in [-0.2, 0) is 17.8 Å². The molecule has 0 bridgehead atoms. The first-order chi connectivity index (χ1) is 8.07. The second-order valence-corrected chi connectivity index (χ2v) is 4.76. The summed E-state index contributed by atoms with van der Waals surface area (Å²) in [5.41, 5.74) is -0.274. The second kappa shape index (κ2) is 4.83. The molecule has 6 nitrogen and oxygen atoms in total. The maximum atomic E-state index is 10.5. The normalized spacial score (nSPS) is 19.1. The van der Waals surface area contributed by atoms with Crippen molar-refractivity contribution < 1.29 is 15.0 Å². The molecule has 0 aromatic carbocycles. The number of aromatic nitrogens is 3. The molecule has 94 valence electrons. The minimum atomic E-state index is -0.923. The minimum Gasteiger partial charge on any atom is -0.481 e. The van der Waals surface area contributed by atoms with Crippen LogP contribution in [0, 0.1) is 0 Å². The Morgan fingerprint density at radius 2 is 2.12 bits per heavy atom. The molecule has 0 radical (unpaired) electrons. The molecular formula is C11H17N3O3. The fourth-order valence-corrected chi connectivity index (χ4v) is 2.32. The van der Waals surface area contributed by atoms with Gasteiger partial charge < -0.3 is 10.2 Å². The minimum absolute atomic E-state index is 0.127. The van der Waals surface area contributed by atoms with Crippen LogP contribution in [0.25, 0.3) is 0 Å². The molecule has 1 fully saturated rings. The van der Waals surface area contributed by atoms with Crippen LogP contribution < -0.4 is 0 Å². The molecule has 2 N–H and O–H groups in total. The van der Waals surface area contributed by atoms with Crippen LogP contribution in [0.2, 0.25) is 0 Å². The predicted molar refractivity (Wildman–Crippen MR) is 59.4 cm³/mol. The van der Waals surface area contributed by atoms with Crippen molar-refractivity contribution in [1.29, 1.82) is 0 Å². The van der Waals surface area contributed by atoms with Crippen molar-refractivity contribution in [3.05, 3.63) is 11.9 Å². The molecule has 1 aliphatic rings. The van der Waals surface area contributed by atoms with Gasteiger partial charge in [-0.2, -0.15) is 0 Å². The number of aliphatic hydroxyl groups is 1. The van der Waals surface area contributed by atoms with E-state index in [-0.39, 0.29) is 6.42 Å². The number of carboxylic acid groups (broad SMARTS) is 1. The molecule has 1 heterocycles. The quantitative estimate of drug-likeness (QED) is 0.803. The van der Waals surface area contributed by atoms with Gasteiger partial charge in [-0.3, -0.25) is 4.79 Å². The summed E-state index contributed by atoms with van der Waals surface area (Å²) in [7, 11) is 0. The van der Waals surface area contributed by atoms with Crippen LogP contribution >= 0.6 is 0 Å². The summed E-state index contributed by atoms with van der Waals surface area (Å²) in [6.45, 7) is 0.402. The zero-order valence-electron chi connectivity index (χ0n) is 9.67. The van der Waals surface area contributed by atoms with E-state index in [1.165, 1.54) is 6.42 Å². The van der Waals surface area contributed by atoms with Gasteiger partial charge in [0.25, 0.3) is 0 Å². The Kier molecular flexibility index (Phi) is 3.42. The van der Waals surface area contributed by atoms with E-state index in [0.717, 1.165) is 25.7 Å². The second-order valence-electron chi connectivity index (χ2n) is 4.76. The van der Waals surface area contributed by atoms with Crippen LogP contribution in [-0.4, -0.2) is 36.8 Å². The van der Waals surface area contributed by atoms with E-state index in [2.05, 4.69) is 10.3 Å². The Morgan fingerprint density at radius 1 is 1.41 bits per heavy atom. The number of hydrogen-bond acceptors (Lipinski definition) is 4. The Hall–Kier alpha value is -1.43. The van der Waals surface area contributed by atoms with Gasteiger partial charge in [0.1, 0.15) is 0 Å². The average Bonchev–Trinajstić information content (AvgIpc) is 2.64. The van der Waals surface area contributed by atoms with Crippen molar-refractivity contribution in [3.8, 4) is 0 Å². The van der Waals surface area contributed by atoms with Gasteiger partial charge in [-0.15, -0.1) is 5.10 Å². The van der Waals surface area contributed by atoms with E-state index in [9.17, 15) is 9.90 Å². The van der Waals surface area contributed by atoms with Gasteiger partial charge in [0.15, 0.2) is 0 Å². The topological polar surface area (TPSA) is 88.2 Å². The van der Waals surface area contributed by atoms with Crippen molar-refractivity contribution in [3.63, 3.8) is 0 Å². The maximum absolute atomic E-state index is 10.5. The summed E-state index contributed by atoms with van der Waals surface area (Å²) in [4.78, 5) is 10.5. The van der Waals surface area contributed by atoms with Gasteiger partial charge in [-0.25, -0.2) is 4.68 Å². The molecule has 1 saturated carbocycles. The summed E-state index contributed by atoms with van der Waals surface area (Å²) in [5.74, 6) is -0.923. The van der Waals surface area contributed by atoms with E-state index >= 15 is 0 Å². The van der Waals surface area contributed by atoms with Gasteiger partial charge in [0.05, 0.1) is 24.3 Å². The molecule has 0 aliphatic heterocycles. The fourth-order valence-electron chi connectivity index (χ4n) is 2.32. The lowest BCUT2D eigenvalue weighted by molar-refractivity contribution is -0.136. The highest BCUT2D eigenvalue weighted by Crippen LogP contribution is 2.29. The molecule has 1 aromatic heterocycles. The third kappa shape index (κ3) is 3.26. The summed E-state index contributed by atoms with van der Waals surface area (Å²) >= 11 is 0. The number of hydrogen-bond donors (Lipinski definition) is 2. The average molecular weight is 239 g/mol. The highest BCUT2D eigenvalue weighted by molar-refractivity contribution is 5.69. The molecule has 0 spiro atoms. The smallest absolute Gasteiger partial charge is 0.309 e. The van der Waals surface area contributed by atoms with Crippen molar-refractivity contribution in [1.82, 2.24) is 15.0 Å². The summed E-state index contributed by atoms with van der Waals surface area (Å²) in [6, 6.07) is 0. The SMILES string of the molecule is O=C(O)Cc1cn(CC2(O)CCCCC2)nn1. The standard InChI is InChI=1S/C11H17N3O3/c15-10(16)6-9-7-14(13-12-9)8-11(17)4-2-1-3-5-11/h7,17H,1-6,8H2,(H,15,16). The third-order valence-corrected chi connectivity index (χ3v) is 3.16. The first-order valence-electron chi connectivity index (χ1n) is 5.91. The fraction of sp³-hybridized carbons (Fsp3) is 0.727. The zero-order chi connectivity index (χ0) is 12.3. The first kappa shape index (κ1) is 12.0. The predicted octanol–water partition coefficient (Wildman–Crippen LogP) is 0.600. The Bertz CT molecular complexity index is 396. The van der Waals surface area contributed by atoms with E-state index in [4.69, 9.17) is 5.11 Å². The van der Waals surface area contributed by atoms with Crippen LogP contribution in [0.15, 0.2) is 6.20 Å². The molecule has 0 unspecified atom stereocenters. The summed E-state index contributed by atoms with van der Waals surface area (Å²) in [5, 5.41) is 26.6. The zero-order valence-corrected chi connectivity index (χ0v) is 9.67. The number of nitrogens with zero attached hydrogens (tertiary/aromatic N) is 3. The Morgan fingerprint density at radius 3 is 2.76 bits per heavy atom. The maximum Gasteiger partial charge on any atom is 0.309 e. The largest absolute Gasteiger partial charge is 0.481 e. The molecule has 1 aliphatic carbocycles. The van der Waals surface area contributed by atoms with Gasteiger partial charge >= 0.3 is 5.97 Å². The number of aliphatic carboxylic acids is 1. The monoisotopic (exact) mass is 239 g/mol. The molecular weight excluding hydrogens is 222 g/mol. The lowest BCUT2D eigenvalue weighted by Gasteiger charge is -2.31. The third-order valence-electron chi connectivity index (χ3n) is 3.16. The highest BCUT2D eigenvalue weighted by Gasteiger charge is 2.30. The molecule has 2 rings (SSSR count). The Balaban J connectivity index is 1.98. The van der Waals surface area contributed by atoms with E-state index in [1.54, 1.807) is 10.9 Å². The van der Waals surface area contributed by atoms with Crippen molar-refractivity contribution >= 4 is 5.97 Å². The summed E-state index contributed by atoms with van der Waals surface area (Å²) in [6.07, 6.45) is 6.27. The molecule has 0 atom stereocenters. The number of carboxylic acids is 1. The molecule has 6 heteroatoms. The van der Waals surface area contributed by atoms with Gasteiger partial charge in [-0.05, 0) is 12.8 Å². The first-order valence-corrected chi connectivity index (χ1v) is 5.91. The van der Waals surface area contributed by atoms with E-state index < -0.39 is 11.6 Å². The van der Waals surface area contributed by atoms with Crippen LogP contribution in [0.3, 0.4) is 0 Å². The van der Waals surface area contributed by atoms with Crippen LogP contribution in [0.1, 0.15) is 37.8 Å². The van der Waals surface area contributed by atoms with Crippen molar-refractivity contribution in [2.24, 2.45) is 0 Å².